The van der Waals surface area contributed by atoms with Crippen LogP contribution in [-0.2, 0) is 16.5 Å². The van der Waals surface area contributed by atoms with Crippen molar-refractivity contribution in [1.82, 2.24) is 9.78 Å². The Morgan fingerprint density at radius 3 is 2.19 bits per heavy atom. The molecule has 1 aromatic heterocycles. The van der Waals surface area contributed by atoms with Crippen LogP contribution < -0.4 is 5.56 Å². The second-order valence-electron chi connectivity index (χ2n) is 6.94. The molecule has 0 aliphatic rings. The van der Waals surface area contributed by atoms with E-state index in [2.05, 4.69) is 5.10 Å². The lowest BCUT2D eigenvalue weighted by Crippen LogP contribution is -2.23. The lowest BCUT2D eigenvalue weighted by molar-refractivity contribution is 0.614. The molecule has 0 aliphatic heterocycles. The van der Waals surface area contributed by atoms with Gasteiger partial charge in [0.05, 0.1) is 28.2 Å². The van der Waals surface area contributed by atoms with Crippen LogP contribution in [0.2, 0.25) is 5.02 Å². The Morgan fingerprint density at radius 2 is 1.56 bits per heavy atom. The number of halogens is 3. The second kappa shape index (κ2) is 9.02. The van der Waals surface area contributed by atoms with E-state index in [0.717, 1.165) is 10.7 Å². The number of aromatic nitrogens is 2. The van der Waals surface area contributed by atoms with E-state index in [9.17, 15) is 22.0 Å². The minimum Gasteiger partial charge on any atom is -0.267 e. The summed E-state index contributed by atoms with van der Waals surface area (Å²) in [4.78, 5) is 13.4. The molecule has 0 spiro atoms. The quantitative estimate of drug-likeness (QED) is 0.431. The molecule has 1 heterocycles. The molecule has 0 saturated heterocycles. The summed E-state index contributed by atoms with van der Waals surface area (Å²) in [5.74, 6) is -1.17. The van der Waals surface area contributed by atoms with Crippen LogP contribution in [0, 0.1) is 11.6 Å². The van der Waals surface area contributed by atoms with Crippen LogP contribution in [0.3, 0.4) is 0 Å². The molecule has 9 heteroatoms. The van der Waals surface area contributed by atoms with Crippen LogP contribution in [0.4, 0.5) is 8.78 Å². The van der Waals surface area contributed by atoms with Gasteiger partial charge in [-0.05, 0) is 47.0 Å². The predicted octanol–water partition coefficient (Wildman–Crippen LogP) is 4.61. The first kappa shape index (κ1) is 21.9. The van der Waals surface area contributed by atoms with Gasteiger partial charge in [0.15, 0.2) is 0 Å². The van der Waals surface area contributed by atoms with E-state index in [0.29, 0.717) is 22.3 Å². The van der Waals surface area contributed by atoms with E-state index < -0.39 is 27.9 Å². The van der Waals surface area contributed by atoms with Gasteiger partial charge in [0.25, 0.3) is 5.56 Å². The predicted molar refractivity (Wildman–Crippen MR) is 120 cm³/mol. The van der Waals surface area contributed by atoms with Gasteiger partial charge in [-0.15, -0.1) is 0 Å². The van der Waals surface area contributed by atoms with Gasteiger partial charge in [-0.2, -0.15) is 9.78 Å². The molecule has 0 bridgehead atoms. The van der Waals surface area contributed by atoms with Crippen molar-refractivity contribution >= 4 is 22.3 Å². The first-order valence-corrected chi connectivity index (χ1v) is 11.1. The zero-order chi connectivity index (χ0) is 22.8. The van der Waals surface area contributed by atoms with Crippen molar-refractivity contribution in [3.63, 3.8) is 0 Å². The molecular formula is C23H15ClF2N2O3S. The van der Waals surface area contributed by atoms with Gasteiger partial charge in [0.2, 0.25) is 0 Å². The zero-order valence-corrected chi connectivity index (χ0v) is 18.0. The maximum absolute atomic E-state index is 13.6. The number of benzene rings is 3. The highest BCUT2D eigenvalue weighted by atomic mass is 35.5. The molecule has 162 valence electrons. The topological polar surface area (TPSA) is 69.0 Å². The summed E-state index contributed by atoms with van der Waals surface area (Å²) in [6, 6.07) is 15.9. The molecule has 0 radical (unpaired) electrons. The molecule has 0 atom stereocenters. The lowest BCUT2D eigenvalue weighted by Gasteiger charge is -2.13. The number of nitrogens with zero attached hydrogens (tertiary/aromatic N) is 2. The van der Waals surface area contributed by atoms with Gasteiger partial charge < -0.3 is 0 Å². The van der Waals surface area contributed by atoms with Crippen molar-refractivity contribution in [3.8, 4) is 27.9 Å². The van der Waals surface area contributed by atoms with Gasteiger partial charge in [-0.3, -0.25) is 4.79 Å². The van der Waals surface area contributed by atoms with Crippen LogP contribution in [-0.4, -0.2) is 18.2 Å². The summed E-state index contributed by atoms with van der Waals surface area (Å²) in [5, 5.41) is 4.07. The van der Waals surface area contributed by atoms with E-state index in [1.165, 1.54) is 42.6 Å². The third-order valence-electron chi connectivity index (χ3n) is 4.84. The van der Waals surface area contributed by atoms with Crippen molar-refractivity contribution in [2.45, 2.75) is 5.75 Å². The number of rotatable bonds is 5. The molecule has 0 amide bonds. The van der Waals surface area contributed by atoms with Gasteiger partial charge in [0, 0.05) is 5.56 Å². The summed E-state index contributed by atoms with van der Waals surface area (Å²) < 4.78 is 50.1. The molecule has 0 unspecified atom stereocenters. The van der Waals surface area contributed by atoms with Crippen LogP contribution in [0.1, 0.15) is 5.56 Å². The average Bonchev–Trinajstić information content (AvgIpc) is 2.76. The Balaban J connectivity index is 1.92. The highest BCUT2D eigenvalue weighted by Gasteiger charge is 2.17. The fraction of sp³-hybridized carbons (Fsp3) is 0.0435. The average molecular weight is 473 g/mol. The van der Waals surface area contributed by atoms with Crippen molar-refractivity contribution < 1.29 is 17.2 Å². The smallest absolute Gasteiger partial charge is 0.267 e. The normalized spacial score (nSPS) is 11.1. The first-order chi connectivity index (χ1) is 15.3. The van der Waals surface area contributed by atoms with Gasteiger partial charge >= 0.3 is 0 Å². The van der Waals surface area contributed by atoms with Crippen molar-refractivity contribution in [2.75, 3.05) is 0 Å². The van der Waals surface area contributed by atoms with E-state index >= 15 is 0 Å². The summed E-state index contributed by atoms with van der Waals surface area (Å²) in [6.07, 6.45) is 1.47. The van der Waals surface area contributed by atoms with Crippen LogP contribution in [0.15, 0.2) is 77.7 Å². The fourth-order valence-electron chi connectivity index (χ4n) is 3.31. The van der Waals surface area contributed by atoms with E-state index in [1.54, 1.807) is 24.3 Å². The van der Waals surface area contributed by atoms with Crippen LogP contribution >= 0.6 is 11.6 Å². The summed E-state index contributed by atoms with van der Waals surface area (Å²) in [7, 11) is -2.57. The number of thiol groups is 1. The minimum atomic E-state index is -2.57. The fourth-order valence-corrected chi connectivity index (χ4v) is 3.99. The van der Waals surface area contributed by atoms with Crippen LogP contribution in [0.25, 0.3) is 27.9 Å². The molecule has 3 aromatic carbocycles. The molecular weight excluding hydrogens is 458 g/mol. The van der Waals surface area contributed by atoms with Crippen molar-refractivity contribution in [3.05, 3.63) is 106 Å². The monoisotopic (exact) mass is 472 g/mol. The molecule has 0 N–H and O–H groups in total. The second-order valence-corrected chi connectivity index (χ2v) is 8.33. The molecule has 4 aromatic rings. The maximum Gasteiger partial charge on any atom is 0.279 e. The standard InChI is InChI=1S/C23H15ClF2N2O3S/c24-20-11-18(9-10-21(20)26)28-23(29)22(16-5-7-17(25)8-6-16)19(12-27-28)15-3-1-14(2-4-15)13-32(30)31/h1-12,32H,13H2. The Kier molecular flexibility index (Phi) is 6.16. The minimum absolute atomic E-state index is 0.0917. The van der Waals surface area contributed by atoms with Gasteiger partial charge in [-0.1, -0.05) is 48.0 Å². The number of hydrogen-bond acceptors (Lipinski definition) is 4. The Morgan fingerprint density at radius 1 is 0.906 bits per heavy atom. The van der Waals surface area contributed by atoms with E-state index in [-0.39, 0.29) is 22.0 Å². The highest BCUT2D eigenvalue weighted by molar-refractivity contribution is 7.71. The molecule has 5 nitrogen and oxygen atoms in total. The van der Waals surface area contributed by atoms with Crippen molar-refractivity contribution in [2.24, 2.45) is 0 Å². The maximum atomic E-state index is 13.6. The van der Waals surface area contributed by atoms with Crippen LogP contribution in [0.5, 0.6) is 0 Å². The SMILES string of the molecule is O=c1c(-c2ccc(F)cc2)c(-c2ccc(C[SH](=O)=O)cc2)cnn1-c1ccc(F)c(Cl)c1. The summed E-state index contributed by atoms with van der Waals surface area (Å²) >= 11 is 5.87. The molecule has 0 aliphatic carbocycles. The Hall–Kier alpha value is -3.36. The Bertz CT molecular complexity index is 1430. The molecule has 4 rings (SSSR count). The number of hydrogen-bond donors (Lipinski definition) is 1. The molecule has 0 saturated carbocycles. The third kappa shape index (κ3) is 4.46. The molecule has 32 heavy (non-hydrogen) atoms. The first-order valence-electron chi connectivity index (χ1n) is 9.38. The highest BCUT2D eigenvalue weighted by Crippen LogP contribution is 2.30. The lowest BCUT2D eigenvalue weighted by atomic mass is 9.96. The Labute approximate surface area is 188 Å². The van der Waals surface area contributed by atoms with Gasteiger partial charge in [-0.25, -0.2) is 17.2 Å². The van der Waals surface area contributed by atoms with Gasteiger partial charge in [0.1, 0.15) is 22.3 Å². The van der Waals surface area contributed by atoms with E-state index in [1.807, 2.05) is 0 Å². The zero-order valence-electron chi connectivity index (χ0n) is 16.3. The summed E-state index contributed by atoms with van der Waals surface area (Å²) in [5.41, 5.74) is 2.18. The third-order valence-corrected chi connectivity index (χ3v) is 5.75. The largest absolute Gasteiger partial charge is 0.279 e. The molecule has 0 fully saturated rings. The van der Waals surface area contributed by atoms with Crippen molar-refractivity contribution in [1.29, 1.82) is 0 Å². The summed E-state index contributed by atoms with van der Waals surface area (Å²) in [6.45, 7) is 0. The van der Waals surface area contributed by atoms with E-state index in [4.69, 9.17) is 11.6 Å².